The number of fused-ring (bicyclic) bond motifs is 4. The lowest BCUT2D eigenvalue weighted by Crippen LogP contribution is -2.41. The zero-order valence-corrected chi connectivity index (χ0v) is 16.1. The third-order valence-electron chi connectivity index (χ3n) is 5.66. The minimum absolute atomic E-state index is 0.126. The second kappa shape index (κ2) is 6.94. The molecule has 0 saturated carbocycles. The molecule has 0 aliphatic carbocycles. The lowest BCUT2D eigenvalue weighted by Gasteiger charge is -2.44. The van der Waals surface area contributed by atoms with Gasteiger partial charge in [0.2, 0.25) is 0 Å². The van der Waals surface area contributed by atoms with Crippen molar-refractivity contribution in [2.45, 2.75) is 25.1 Å². The van der Waals surface area contributed by atoms with Gasteiger partial charge in [0.15, 0.2) is 23.0 Å². The van der Waals surface area contributed by atoms with Crippen molar-refractivity contribution >= 4 is 0 Å². The van der Waals surface area contributed by atoms with Crippen molar-refractivity contribution in [2.24, 2.45) is 0 Å². The molecule has 0 fully saturated rings. The van der Waals surface area contributed by atoms with Crippen LogP contribution in [0.1, 0.15) is 34.4 Å². The predicted octanol–water partition coefficient (Wildman–Crippen LogP) is 2.87. The molecule has 1 N–H and O–H groups in total. The molecule has 6 nitrogen and oxygen atoms in total. The van der Waals surface area contributed by atoms with Gasteiger partial charge < -0.3 is 24.1 Å². The van der Waals surface area contributed by atoms with Crippen LogP contribution < -0.4 is 18.9 Å². The molecular formula is C21H25NO5. The third kappa shape index (κ3) is 2.80. The van der Waals surface area contributed by atoms with Gasteiger partial charge in [0, 0.05) is 13.1 Å². The number of nitrogens with zero attached hydrogens (tertiary/aromatic N) is 1. The lowest BCUT2D eigenvalue weighted by molar-refractivity contribution is 0.0201. The number of rotatable bonds is 4. The smallest absolute Gasteiger partial charge is 0.161 e. The van der Waals surface area contributed by atoms with E-state index in [0.29, 0.717) is 17.2 Å². The molecule has 2 heterocycles. The van der Waals surface area contributed by atoms with Gasteiger partial charge in [0.25, 0.3) is 0 Å². The van der Waals surface area contributed by atoms with Crippen molar-refractivity contribution in [1.82, 2.24) is 4.90 Å². The van der Waals surface area contributed by atoms with Crippen LogP contribution in [-0.2, 0) is 13.0 Å². The zero-order chi connectivity index (χ0) is 19.1. The second-order valence-electron chi connectivity index (χ2n) is 6.92. The summed E-state index contributed by atoms with van der Waals surface area (Å²) in [6.45, 7) is 1.63. The fourth-order valence-corrected chi connectivity index (χ4v) is 4.31. The minimum atomic E-state index is -0.661. The van der Waals surface area contributed by atoms with Gasteiger partial charge in [-0.2, -0.15) is 0 Å². The van der Waals surface area contributed by atoms with E-state index in [-0.39, 0.29) is 6.04 Å². The van der Waals surface area contributed by atoms with E-state index in [2.05, 4.69) is 4.90 Å². The normalized spacial score (nSPS) is 20.9. The Morgan fingerprint density at radius 2 is 1.30 bits per heavy atom. The first-order chi connectivity index (χ1) is 13.1. The number of aliphatic hydroxyl groups excluding tert-OH is 1. The van der Waals surface area contributed by atoms with Crippen molar-refractivity contribution in [3.63, 3.8) is 0 Å². The monoisotopic (exact) mass is 371 g/mol. The number of hydrogen-bond donors (Lipinski definition) is 1. The molecular weight excluding hydrogens is 346 g/mol. The van der Waals surface area contributed by atoms with Crippen LogP contribution in [0.25, 0.3) is 0 Å². The Morgan fingerprint density at radius 1 is 0.778 bits per heavy atom. The van der Waals surface area contributed by atoms with Crippen LogP contribution in [0.2, 0.25) is 0 Å². The zero-order valence-electron chi connectivity index (χ0n) is 16.1. The van der Waals surface area contributed by atoms with Gasteiger partial charge in [-0.25, -0.2) is 0 Å². The van der Waals surface area contributed by atoms with Gasteiger partial charge in [-0.05, 0) is 52.9 Å². The van der Waals surface area contributed by atoms with Crippen LogP contribution in [0.4, 0.5) is 0 Å². The molecule has 4 rings (SSSR count). The summed E-state index contributed by atoms with van der Waals surface area (Å²) in [5, 5.41) is 11.3. The molecule has 27 heavy (non-hydrogen) atoms. The number of benzene rings is 2. The van der Waals surface area contributed by atoms with Gasteiger partial charge in [0.05, 0.1) is 40.6 Å². The molecule has 0 spiro atoms. The van der Waals surface area contributed by atoms with E-state index >= 15 is 0 Å². The van der Waals surface area contributed by atoms with Gasteiger partial charge >= 0.3 is 0 Å². The Hall–Kier alpha value is -2.44. The van der Waals surface area contributed by atoms with Crippen molar-refractivity contribution in [3.05, 3.63) is 46.5 Å². The first-order valence-electron chi connectivity index (χ1n) is 9.03. The van der Waals surface area contributed by atoms with E-state index in [4.69, 9.17) is 18.9 Å². The van der Waals surface area contributed by atoms with Crippen molar-refractivity contribution in [1.29, 1.82) is 0 Å². The summed E-state index contributed by atoms with van der Waals surface area (Å²) in [4.78, 5) is 2.31. The van der Waals surface area contributed by atoms with E-state index in [1.165, 1.54) is 5.56 Å². The van der Waals surface area contributed by atoms with Gasteiger partial charge in [-0.1, -0.05) is 0 Å². The predicted molar refractivity (Wildman–Crippen MR) is 101 cm³/mol. The highest BCUT2D eigenvalue weighted by Crippen LogP contribution is 2.48. The molecule has 0 aromatic heterocycles. The van der Waals surface area contributed by atoms with Gasteiger partial charge in [0.1, 0.15) is 0 Å². The Kier molecular flexibility index (Phi) is 4.61. The maximum Gasteiger partial charge on any atom is 0.161 e. The van der Waals surface area contributed by atoms with Crippen molar-refractivity contribution < 1.29 is 24.1 Å². The SMILES string of the molecule is COc1cc2c(cc1OC)[C@@H]1[C@@H](O)c3cc(OC)c(OC)cc3CN1CC2. The molecule has 0 bridgehead atoms. The first-order valence-corrected chi connectivity index (χ1v) is 9.03. The molecule has 2 aliphatic heterocycles. The fourth-order valence-electron chi connectivity index (χ4n) is 4.31. The molecule has 0 amide bonds. The summed E-state index contributed by atoms with van der Waals surface area (Å²) in [5.74, 6) is 2.73. The maximum absolute atomic E-state index is 11.3. The van der Waals surface area contributed by atoms with Crippen LogP contribution in [0.15, 0.2) is 24.3 Å². The summed E-state index contributed by atoms with van der Waals surface area (Å²) in [5.41, 5.74) is 4.24. The fraction of sp³-hybridized carbons (Fsp3) is 0.429. The standard InChI is InChI=1S/C21H25NO5/c1-24-16-7-12-5-6-22-11-13-8-17(25-2)19(27-4)10-15(13)21(23)20(22)14(12)9-18(16)26-3/h7-10,20-21,23H,5-6,11H2,1-4H3/t20-,21+/m1/s1. The van der Waals surface area contributed by atoms with Gasteiger partial charge in [-0.3, -0.25) is 4.90 Å². The third-order valence-corrected chi connectivity index (χ3v) is 5.66. The van der Waals surface area contributed by atoms with E-state index in [9.17, 15) is 5.11 Å². The van der Waals surface area contributed by atoms with Crippen molar-refractivity contribution in [3.8, 4) is 23.0 Å². The van der Waals surface area contributed by atoms with Gasteiger partial charge in [-0.15, -0.1) is 0 Å². The molecule has 144 valence electrons. The average molecular weight is 371 g/mol. The number of ether oxygens (including phenoxy) is 4. The maximum atomic E-state index is 11.3. The Morgan fingerprint density at radius 3 is 1.89 bits per heavy atom. The topological polar surface area (TPSA) is 60.4 Å². The van der Waals surface area contributed by atoms with E-state index in [0.717, 1.165) is 42.0 Å². The van der Waals surface area contributed by atoms with Crippen LogP contribution in [0.3, 0.4) is 0 Å². The van der Waals surface area contributed by atoms with E-state index in [1.54, 1.807) is 28.4 Å². The highest BCUT2D eigenvalue weighted by molar-refractivity contribution is 5.53. The number of aliphatic hydroxyl groups is 1. The van der Waals surface area contributed by atoms with Crippen LogP contribution in [-0.4, -0.2) is 45.0 Å². The van der Waals surface area contributed by atoms with E-state index < -0.39 is 6.10 Å². The Labute approximate surface area is 159 Å². The van der Waals surface area contributed by atoms with Crippen molar-refractivity contribution in [2.75, 3.05) is 35.0 Å². The molecule has 2 atom stereocenters. The number of methoxy groups -OCH3 is 4. The number of hydrogen-bond acceptors (Lipinski definition) is 6. The summed E-state index contributed by atoms with van der Waals surface area (Å²) < 4.78 is 21.8. The molecule has 0 saturated heterocycles. The lowest BCUT2D eigenvalue weighted by atomic mass is 9.81. The van der Waals surface area contributed by atoms with E-state index in [1.807, 2.05) is 24.3 Å². The summed E-state index contributed by atoms with van der Waals surface area (Å²) >= 11 is 0. The first kappa shape index (κ1) is 17.9. The van der Waals surface area contributed by atoms with Crippen LogP contribution in [0.5, 0.6) is 23.0 Å². The Balaban J connectivity index is 1.81. The van der Waals surface area contributed by atoms with Crippen LogP contribution in [0, 0.1) is 0 Å². The molecule has 0 unspecified atom stereocenters. The molecule has 6 heteroatoms. The largest absolute Gasteiger partial charge is 0.493 e. The second-order valence-corrected chi connectivity index (χ2v) is 6.92. The minimum Gasteiger partial charge on any atom is -0.493 e. The molecule has 2 aromatic rings. The molecule has 0 radical (unpaired) electrons. The summed E-state index contributed by atoms with van der Waals surface area (Å²) in [6, 6.07) is 7.77. The summed E-state index contributed by atoms with van der Waals surface area (Å²) in [7, 11) is 6.52. The Bertz CT molecular complexity index is 866. The molecule has 2 aliphatic rings. The quantitative estimate of drug-likeness (QED) is 0.892. The summed E-state index contributed by atoms with van der Waals surface area (Å²) in [6.07, 6.45) is 0.243. The highest BCUT2D eigenvalue weighted by Gasteiger charge is 2.39. The highest BCUT2D eigenvalue weighted by atomic mass is 16.5. The molecule has 2 aromatic carbocycles. The van der Waals surface area contributed by atoms with Crippen LogP contribution >= 0.6 is 0 Å². The average Bonchev–Trinajstić information content (AvgIpc) is 2.71.